The van der Waals surface area contributed by atoms with E-state index in [1.807, 2.05) is 6.92 Å². The molecule has 1 aromatic rings. The molecule has 1 aromatic carbocycles. The maximum Gasteiger partial charge on any atom is 0.308 e. The molecule has 1 amide bonds. The quantitative estimate of drug-likeness (QED) is 0.595. The fourth-order valence-electron chi connectivity index (χ4n) is 1.15. The number of hydrogen-bond donors (Lipinski definition) is 1. The van der Waals surface area contributed by atoms with Crippen LogP contribution < -0.4 is 10.1 Å². The van der Waals surface area contributed by atoms with Crippen molar-refractivity contribution < 1.29 is 14.3 Å². The third kappa shape index (κ3) is 3.42. The number of amides is 1. The highest BCUT2D eigenvalue weighted by atomic mass is 16.5. The van der Waals surface area contributed by atoms with Crippen LogP contribution in [0.4, 0.5) is 5.69 Å². The molecule has 80 valence electrons. The van der Waals surface area contributed by atoms with Gasteiger partial charge in [0.15, 0.2) is 0 Å². The van der Waals surface area contributed by atoms with Crippen LogP contribution in [0, 0.1) is 6.92 Å². The van der Waals surface area contributed by atoms with Gasteiger partial charge in [0.05, 0.1) is 0 Å². The van der Waals surface area contributed by atoms with Crippen molar-refractivity contribution in [2.24, 2.45) is 0 Å². The van der Waals surface area contributed by atoms with Gasteiger partial charge >= 0.3 is 5.97 Å². The summed E-state index contributed by atoms with van der Waals surface area (Å²) in [4.78, 5) is 21.6. The Kier molecular flexibility index (Phi) is 3.44. The number of carbonyl (C=O) groups excluding carboxylic acids is 2. The van der Waals surface area contributed by atoms with Crippen LogP contribution in [0.15, 0.2) is 18.2 Å². The van der Waals surface area contributed by atoms with Gasteiger partial charge in [0, 0.05) is 25.6 Å². The van der Waals surface area contributed by atoms with Crippen molar-refractivity contribution in [1.29, 1.82) is 0 Å². The second-order valence-corrected chi connectivity index (χ2v) is 3.26. The second-order valence-electron chi connectivity index (χ2n) is 3.26. The molecule has 0 aliphatic heterocycles. The number of benzene rings is 1. The van der Waals surface area contributed by atoms with Crippen molar-refractivity contribution in [3.05, 3.63) is 23.8 Å². The molecule has 0 saturated carbocycles. The Balaban J connectivity index is 2.94. The van der Waals surface area contributed by atoms with E-state index in [9.17, 15) is 9.59 Å². The van der Waals surface area contributed by atoms with E-state index in [4.69, 9.17) is 4.74 Å². The molecule has 1 rings (SSSR count). The van der Waals surface area contributed by atoms with Gasteiger partial charge in [-0.25, -0.2) is 0 Å². The first-order valence-corrected chi connectivity index (χ1v) is 4.55. The van der Waals surface area contributed by atoms with Crippen LogP contribution in [-0.2, 0) is 9.59 Å². The minimum Gasteiger partial charge on any atom is -0.426 e. The van der Waals surface area contributed by atoms with E-state index in [0.717, 1.165) is 5.56 Å². The first-order chi connectivity index (χ1) is 6.99. The zero-order valence-corrected chi connectivity index (χ0v) is 8.96. The number of aryl methyl sites for hydroxylation is 1. The van der Waals surface area contributed by atoms with Crippen molar-refractivity contribution in [1.82, 2.24) is 0 Å². The summed E-state index contributed by atoms with van der Waals surface area (Å²) in [6.07, 6.45) is 0. The highest BCUT2D eigenvalue weighted by Gasteiger charge is 2.04. The Morgan fingerprint density at radius 1 is 1.27 bits per heavy atom. The molecule has 0 aliphatic carbocycles. The Morgan fingerprint density at radius 3 is 2.47 bits per heavy atom. The molecule has 0 atom stereocenters. The molecule has 0 spiro atoms. The normalized spacial score (nSPS) is 9.53. The van der Waals surface area contributed by atoms with Gasteiger partial charge in [0.2, 0.25) is 5.91 Å². The smallest absolute Gasteiger partial charge is 0.308 e. The minimum absolute atomic E-state index is 0.160. The third-order valence-corrected chi connectivity index (χ3v) is 1.76. The third-order valence-electron chi connectivity index (χ3n) is 1.76. The van der Waals surface area contributed by atoms with E-state index >= 15 is 0 Å². The molecule has 0 aliphatic rings. The average Bonchev–Trinajstić information content (AvgIpc) is 2.09. The number of carbonyl (C=O) groups is 2. The zero-order chi connectivity index (χ0) is 11.4. The van der Waals surface area contributed by atoms with Crippen LogP contribution in [0.25, 0.3) is 0 Å². The number of ether oxygens (including phenoxy) is 1. The molecule has 15 heavy (non-hydrogen) atoms. The molecule has 0 radical (unpaired) electrons. The summed E-state index contributed by atoms with van der Waals surface area (Å²) in [7, 11) is 0. The van der Waals surface area contributed by atoms with E-state index < -0.39 is 0 Å². The fourth-order valence-corrected chi connectivity index (χ4v) is 1.15. The maximum atomic E-state index is 10.8. The summed E-state index contributed by atoms with van der Waals surface area (Å²) < 4.78 is 4.98. The molecule has 0 unspecified atom stereocenters. The number of rotatable bonds is 2. The number of esters is 1. The summed E-state index contributed by atoms with van der Waals surface area (Å²) in [6, 6.07) is 5.16. The summed E-state index contributed by atoms with van der Waals surface area (Å²) in [6.45, 7) is 4.59. The van der Waals surface area contributed by atoms with Gasteiger partial charge in [0.25, 0.3) is 0 Å². The molecule has 4 nitrogen and oxygen atoms in total. The zero-order valence-electron chi connectivity index (χ0n) is 8.96. The number of anilines is 1. The van der Waals surface area contributed by atoms with Crippen LogP contribution >= 0.6 is 0 Å². The van der Waals surface area contributed by atoms with E-state index in [0.29, 0.717) is 11.4 Å². The van der Waals surface area contributed by atoms with Crippen LogP contribution in [-0.4, -0.2) is 11.9 Å². The van der Waals surface area contributed by atoms with Gasteiger partial charge in [-0.1, -0.05) is 6.07 Å². The first kappa shape index (κ1) is 11.2. The van der Waals surface area contributed by atoms with Gasteiger partial charge in [-0.15, -0.1) is 0 Å². The van der Waals surface area contributed by atoms with Crippen molar-refractivity contribution in [2.45, 2.75) is 20.8 Å². The number of nitrogens with one attached hydrogen (secondary N) is 1. The predicted octanol–water partition coefficient (Wildman–Crippen LogP) is 1.88. The van der Waals surface area contributed by atoms with Crippen molar-refractivity contribution in [3.8, 4) is 5.75 Å². The van der Waals surface area contributed by atoms with Crippen LogP contribution in [0.3, 0.4) is 0 Å². The largest absolute Gasteiger partial charge is 0.426 e. The van der Waals surface area contributed by atoms with E-state index in [2.05, 4.69) is 5.32 Å². The lowest BCUT2D eigenvalue weighted by Crippen LogP contribution is -2.07. The topological polar surface area (TPSA) is 55.4 Å². The monoisotopic (exact) mass is 207 g/mol. The van der Waals surface area contributed by atoms with Gasteiger partial charge in [0.1, 0.15) is 5.75 Å². The van der Waals surface area contributed by atoms with E-state index in [-0.39, 0.29) is 11.9 Å². The second kappa shape index (κ2) is 4.59. The molecule has 0 bridgehead atoms. The summed E-state index contributed by atoms with van der Waals surface area (Å²) in [5, 5.41) is 2.62. The summed E-state index contributed by atoms with van der Waals surface area (Å²) in [5.41, 5.74) is 1.46. The molecular formula is C11H13NO3. The predicted molar refractivity (Wildman–Crippen MR) is 56.8 cm³/mol. The van der Waals surface area contributed by atoms with Crippen molar-refractivity contribution in [3.63, 3.8) is 0 Å². The highest BCUT2D eigenvalue weighted by molar-refractivity contribution is 5.89. The van der Waals surface area contributed by atoms with Gasteiger partial charge in [-0.3, -0.25) is 9.59 Å². The summed E-state index contributed by atoms with van der Waals surface area (Å²) in [5.74, 6) is -0.0700. The van der Waals surface area contributed by atoms with E-state index in [1.165, 1.54) is 13.8 Å². The van der Waals surface area contributed by atoms with Crippen molar-refractivity contribution >= 4 is 17.6 Å². The Hall–Kier alpha value is -1.84. The lowest BCUT2D eigenvalue weighted by atomic mass is 10.2. The molecular weight excluding hydrogens is 194 g/mol. The highest BCUT2D eigenvalue weighted by Crippen LogP contribution is 2.22. The molecule has 4 heteroatoms. The number of hydrogen-bond acceptors (Lipinski definition) is 3. The average molecular weight is 207 g/mol. The summed E-state index contributed by atoms with van der Waals surface area (Å²) >= 11 is 0. The Bertz CT molecular complexity index is 399. The molecule has 0 saturated heterocycles. The van der Waals surface area contributed by atoms with Crippen LogP contribution in [0.2, 0.25) is 0 Å². The molecule has 0 heterocycles. The Labute approximate surface area is 88.2 Å². The SMILES string of the molecule is CC(=O)Nc1ccc(C)c(OC(C)=O)c1. The molecule has 1 N–H and O–H groups in total. The van der Waals surface area contributed by atoms with Crippen LogP contribution in [0.5, 0.6) is 5.75 Å². The minimum atomic E-state index is -0.377. The first-order valence-electron chi connectivity index (χ1n) is 4.55. The van der Waals surface area contributed by atoms with Crippen LogP contribution in [0.1, 0.15) is 19.4 Å². The lowest BCUT2D eigenvalue weighted by molar-refractivity contribution is -0.131. The molecule has 0 fully saturated rings. The van der Waals surface area contributed by atoms with Gasteiger partial charge in [-0.2, -0.15) is 0 Å². The molecule has 0 aromatic heterocycles. The maximum absolute atomic E-state index is 10.8. The van der Waals surface area contributed by atoms with Crippen molar-refractivity contribution in [2.75, 3.05) is 5.32 Å². The Morgan fingerprint density at radius 2 is 1.93 bits per heavy atom. The van der Waals surface area contributed by atoms with E-state index in [1.54, 1.807) is 18.2 Å². The fraction of sp³-hybridized carbons (Fsp3) is 0.273. The van der Waals surface area contributed by atoms with Gasteiger partial charge < -0.3 is 10.1 Å². The van der Waals surface area contributed by atoms with Gasteiger partial charge in [-0.05, 0) is 18.6 Å². The lowest BCUT2D eigenvalue weighted by Gasteiger charge is -2.08. The standard InChI is InChI=1S/C11H13NO3/c1-7-4-5-10(12-8(2)13)6-11(7)15-9(3)14/h4-6H,1-3H3,(H,12,13).